The van der Waals surface area contributed by atoms with Crippen molar-refractivity contribution in [1.29, 1.82) is 5.41 Å². The zero-order valence-corrected chi connectivity index (χ0v) is 10.5. The Morgan fingerprint density at radius 3 is 2.31 bits per heavy atom. The Hall–Kier alpha value is -0.660. The summed E-state index contributed by atoms with van der Waals surface area (Å²) in [5, 5.41) is 7.10. The molecule has 1 aliphatic rings. The van der Waals surface area contributed by atoms with Crippen LogP contribution in [0.3, 0.4) is 0 Å². The van der Waals surface area contributed by atoms with Gasteiger partial charge in [-0.1, -0.05) is 0 Å². The summed E-state index contributed by atoms with van der Waals surface area (Å²) in [6.45, 7) is 3.56. The first-order valence-corrected chi connectivity index (χ1v) is 7.25. The van der Waals surface area contributed by atoms with Crippen LogP contribution in [0.2, 0.25) is 0 Å². The number of hydrogen-bond donors (Lipinski definition) is 2. The number of rotatable bonds is 5. The Morgan fingerprint density at radius 2 is 1.88 bits per heavy atom. The zero-order chi connectivity index (χ0) is 12.2. The molecule has 94 valence electrons. The van der Waals surface area contributed by atoms with E-state index in [9.17, 15) is 8.42 Å². The molecule has 0 aliphatic carbocycles. The maximum atomic E-state index is 11.3. The van der Waals surface area contributed by atoms with Gasteiger partial charge < -0.3 is 10.6 Å². The first-order chi connectivity index (χ1) is 7.39. The van der Waals surface area contributed by atoms with E-state index in [2.05, 4.69) is 4.90 Å². The van der Waals surface area contributed by atoms with Gasteiger partial charge in [-0.2, -0.15) is 4.31 Å². The smallest absolute Gasteiger partial charge is 0.211 e. The second kappa shape index (κ2) is 5.60. The minimum atomic E-state index is -3.03. The molecular formula is C9H20N4O2S. The minimum Gasteiger partial charge on any atom is -0.388 e. The molecule has 0 aromatic rings. The van der Waals surface area contributed by atoms with Crippen molar-refractivity contribution in [1.82, 2.24) is 9.21 Å². The Morgan fingerprint density at radius 1 is 1.31 bits per heavy atom. The van der Waals surface area contributed by atoms with Gasteiger partial charge in [-0.05, 0) is 13.0 Å². The van der Waals surface area contributed by atoms with Crippen molar-refractivity contribution in [3.05, 3.63) is 0 Å². The maximum absolute atomic E-state index is 11.3. The first-order valence-electron chi connectivity index (χ1n) is 5.40. The molecule has 0 radical (unpaired) electrons. The van der Waals surface area contributed by atoms with Crippen LogP contribution in [0.1, 0.15) is 12.8 Å². The third-order valence-corrected chi connectivity index (χ3v) is 4.02. The van der Waals surface area contributed by atoms with E-state index in [1.54, 1.807) is 0 Å². The molecule has 0 spiro atoms. The van der Waals surface area contributed by atoms with Crippen LogP contribution < -0.4 is 5.73 Å². The van der Waals surface area contributed by atoms with Gasteiger partial charge in [0.25, 0.3) is 0 Å². The van der Waals surface area contributed by atoms with Crippen LogP contribution in [0.5, 0.6) is 0 Å². The lowest BCUT2D eigenvalue weighted by atomic mass is 10.2. The van der Waals surface area contributed by atoms with Crippen molar-refractivity contribution >= 4 is 15.9 Å². The van der Waals surface area contributed by atoms with Gasteiger partial charge in [-0.15, -0.1) is 0 Å². The molecule has 3 N–H and O–H groups in total. The highest BCUT2D eigenvalue weighted by Gasteiger charge is 2.22. The summed E-state index contributed by atoms with van der Waals surface area (Å²) in [4.78, 5) is 2.21. The van der Waals surface area contributed by atoms with Crippen molar-refractivity contribution < 1.29 is 8.42 Å². The van der Waals surface area contributed by atoms with Crippen LogP contribution in [-0.2, 0) is 10.0 Å². The lowest BCUT2D eigenvalue weighted by molar-refractivity contribution is 0.188. The van der Waals surface area contributed by atoms with Crippen molar-refractivity contribution in [2.75, 3.05) is 39.0 Å². The second-order valence-electron chi connectivity index (χ2n) is 4.13. The van der Waals surface area contributed by atoms with E-state index >= 15 is 0 Å². The molecule has 0 aromatic carbocycles. The maximum Gasteiger partial charge on any atom is 0.211 e. The fourth-order valence-corrected chi connectivity index (χ4v) is 2.60. The van der Waals surface area contributed by atoms with Gasteiger partial charge in [0, 0.05) is 32.6 Å². The standard InChI is InChI=1S/C9H20N4O2S/c1-16(14,15)13-7-5-12(6-8-13)4-2-3-9(10)11/h2-8H2,1H3,(H3,10,11). The molecule has 1 heterocycles. The molecule has 0 amide bonds. The Balaban J connectivity index is 2.25. The van der Waals surface area contributed by atoms with E-state index in [1.165, 1.54) is 10.6 Å². The van der Waals surface area contributed by atoms with Crippen LogP contribution in [0.4, 0.5) is 0 Å². The fraction of sp³-hybridized carbons (Fsp3) is 0.889. The molecule has 1 fully saturated rings. The topological polar surface area (TPSA) is 90.5 Å². The van der Waals surface area contributed by atoms with Crippen molar-refractivity contribution in [3.8, 4) is 0 Å². The van der Waals surface area contributed by atoms with Crippen LogP contribution in [0.15, 0.2) is 0 Å². The number of nitrogens with one attached hydrogen (secondary N) is 1. The first kappa shape index (κ1) is 13.4. The Bertz CT molecular complexity index is 333. The largest absolute Gasteiger partial charge is 0.388 e. The summed E-state index contributed by atoms with van der Waals surface area (Å²) < 4.78 is 24.0. The summed E-state index contributed by atoms with van der Waals surface area (Å²) in [7, 11) is -3.03. The SMILES string of the molecule is CS(=O)(=O)N1CCN(CCCC(=N)N)CC1. The molecule has 7 heteroatoms. The van der Waals surface area contributed by atoms with Gasteiger partial charge in [-0.3, -0.25) is 5.41 Å². The van der Waals surface area contributed by atoms with Gasteiger partial charge in [0.15, 0.2) is 0 Å². The molecule has 0 aromatic heterocycles. The van der Waals surface area contributed by atoms with Gasteiger partial charge in [0.2, 0.25) is 10.0 Å². The highest BCUT2D eigenvalue weighted by atomic mass is 32.2. The Labute approximate surface area is 97.0 Å². The van der Waals surface area contributed by atoms with Crippen molar-refractivity contribution in [3.63, 3.8) is 0 Å². The number of nitrogens with two attached hydrogens (primary N) is 1. The number of sulfonamides is 1. The molecule has 0 unspecified atom stereocenters. The summed E-state index contributed by atoms with van der Waals surface area (Å²) in [5.74, 6) is 0.217. The van der Waals surface area contributed by atoms with Crippen LogP contribution >= 0.6 is 0 Å². The summed E-state index contributed by atoms with van der Waals surface area (Å²) in [6, 6.07) is 0. The second-order valence-corrected chi connectivity index (χ2v) is 6.11. The average Bonchev–Trinajstić information content (AvgIpc) is 2.16. The van der Waals surface area contributed by atoms with Crippen molar-refractivity contribution in [2.45, 2.75) is 12.8 Å². The normalized spacial score (nSPS) is 19.8. The van der Waals surface area contributed by atoms with E-state index in [-0.39, 0.29) is 5.84 Å². The molecular weight excluding hydrogens is 228 g/mol. The van der Waals surface area contributed by atoms with Crippen LogP contribution in [0, 0.1) is 5.41 Å². The molecule has 0 atom stereocenters. The van der Waals surface area contributed by atoms with E-state index in [1.807, 2.05) is 0 Å². The van der Waals surface area contributed by atoms with Gasteiger partial charge in [-0.25, -0.2) is 8.42 Å². The number of nitrogens with zero attached hydrogens (tertiary/aromatic N) is 2. The third kappa shape index (κ3) is 4.46. The molecule has 0 saturated carbocycles. The lowest BCUT2D eigenvalue weighted by Crippen LogP contribution is -2.48. The monoisotopic (exact) mass is 248 g/mol. The van der Waals surface area contributed by atoms with Crippen LogP contribution in [-0.4, -0.2) is 62.4 Å². The molecule has 1 aliphatic heterocycles. The van der Waals surface area contributed by atoms with E-state index in [4.69, 9.17) is 11.1 Å². The summed E-state index contributed by atoms with van der Waals surface area (Å²) >= 11 is 0. The summed E-state index contributed by atoms with van der Waals surface area (Å²) in [5.41, 5.74) is 5.26. The van der Waals surface area contributed by atoms with E-state index in [0.717, 1.165) is 26.1 Å². The third-order valence-electron chi connectivity index (χ3n) is 2.72. The van der Waals surface area contributed by atoms with Gasteiger partial charge in [0.1, 0.15) is 0 Å². The molecule has 1 saturated heterocycles. The van der Waals surface area contributed by atoms with E-state index in [0.29, 0.717) is 19.5 Å². The van der Waals surface area contributed by atoms with Gasteiger partial charge >= 0.3 is 0 Å². The number of amidine groups is 1. The Kier molecular flexibility index (Phi) is 4.69. The number of hydrogen-bond acceptors (Lipinski definition) is 4. The minimum absolute atomic E-state index is 0.217. The average molecular weight is 248 g/mol. The van der Waals surface area contributed by atoms with Gasteiger partial charge in [0.05, 0.1) is 12.1 Å². The molecule has 1 rings (SSSR count). The highest BCUT2D eigenvalue weighted by Crippen LogP contribution is 2.06. The lowest BCUT2D eigenvalue weighted by Gasteiger charge is -2.33. The van der Waals surface area contributed by atoms with Crippen LogP contribution in [0.25, 0.3) is 0 Å². The predicted molar refractivity (Wildman–Crippen MR) is 64.0 cm³/mol. The number of piperazine rings is 1. The molecule has 16 heavy (non-hydrogen) atoms. The quantitative estimate of drug-likeness (QED) is 0.496. The predicted octanol–water partition coefficient (Wildman–Crippen LogP) is -0.720. The summed E-state index contributed by atoms with van der Waals surface area (Å²) in [6.07, 6.45) is 2.74. The zero-order valence-electron chi connectivity index (χ0n) is 9.65. The van der Waals surface area contributed by atoms with E-state index < -0.39 is 10.0 Å². The molecule has 6 nitrogen and oxygen atoms in total. The molecule has 0 bridgehead atoms. The fourth-order valence-electron chi connectivity index (χ4n) is 1.78. The highest BCUT2D eigenvalue weighted by molar-refractivity contribution is 7.88. The van der Waals surface area contributed by atoms with Crippen molar-refractivity contribution in [2.24, 2.45) is 5.73 Å².